The minimum Gasteiger partial charge on any atom is -0.480 e. The summed E-state index contributed by atoms with van der Waals surface area (Å²) in [6.45, 7) is 2.23. The van der Waals surface area contributed by atoms with E-state index in [0.29, 0.717) is 12.8 Å². The van der Waals surface area contributed by atoms with Crippen molar-refractivity contribution in [3.8, 4) is 0 Å². The molecular weight excluding hydrogens is 368 g/mol. The van der Waals surface area contributed by atoms with Crippen molar-refractivity contribution in [3.05, 3.63) is 17.0 Å². The summed E-state index contributed by atoms with van der Waals surface area (Å²) >= 11 is 1.15. The summed E-state index contributed by atoms with van der Waals surface area (Å²) in [4.78, 5) is 24.6. The van der Waals surface area contributed by atoms with Gasteiger partial charge in [0.2, 0.25) is 5.91 Å². The summed E-state index contributed by atoms with van der Waals surface area (Å²) in [6.07, 6.45) is 1.03. The lowest BCUT2D eigenvalue weighted by molar-refractivity contribution is -0.142. The third kappa shape index (κ3) is 4.57. The fourth-order valence-electron chi connectivity index (χ4n) is 2.72. The number of carbonyl (C=O) groups is 2. The fourth-order valence-corrected chi connectivity index (χ4v) is 5.79. The number of carbonyl (C=O) groups excluding carboxylic acids is 1. The summed E-state index contributed by atoms with van der Waals surface area (Å²) in [7, 11) is -2.33. The second kappa shape index (κ2) is 8.26. The summed E-state index contributed by atoms with van der Waals surface area (Å²) in [6, 6.07) is 1.24. The molecule has 25 heavy (non-hydrogen) atoms. The first kappa shape index (κ1) is 19.8. The molecule has 10 heteroatoms. The Labute approximate surface area is 150 Å². The van der Waals surface area contributed by atoms with Crippen molar-refractivity contribution in [2.24, 2.45) is 0 Å². The number of thiophene rings is 1. The first-order valence-electron chi connectivity index (χ1n) is 7.87. The van der Waals surface area contributed by atoms with Crippen LogP contribution in [0.4, 0.5) is 0 Å². The number of carboxylic acids is 1. The third-order valence-corrected chi connectivity index (χ3v) is 7.39. The SMILES string of the molecule is COCCC(NC(=O)C1CCCN1S(=O)(=O)c1ccc(C)s1)C(=O)O. The Kier molecular flexibility index (Phi) is 6.55. The Morgan fingerprint density at radius 2 is 2.20 bits per heavy atom. The molecule has 0 bridgehead atoms. The van der Waals surface area contributed by atoms with Gasteiger partial charge in [0.1, 0.15) is 16.3 Å². The van der Waals surface area contributed by atoms with E-state index in [0.717, 1.165) is 16.2 Å². The molecule has 2 heterocycles. The molecule has 2 atom stereocenters. The van der Waals surface area contributed by atoms with Gasteiger partial charge in [0.05, 0.1) is 0 Å². The Bertz CT molecular complexity index is 730. The normalized spacial score (nSPS) is 19.7. The molecule has 8 nitrogen and oxygen atoms in total. The van der Waals surface area contributed by atoms with E-state index in [1.54, 1.807) is 6.07 Å². The number of nitrogens with zero attached hydrogens (tertiary/aromatic N) is 1. The summed E-state index contributed by atoms with van der Waals surface area (Å²) in [5.41, 5.74) is 0. The highest BCUT2D eigenvalue weighted by Crippen LogP contribution is 2.30. The van der Waals surface area contributed by atoms with Crippen molar-refractivity contribution in [1.29, 1.82) is 0 Å². The molecule has 1 fully saturated rings. The maximum Gasteiger partial charge on any atom is 0.326 e. The highest BCUT2D eigenvalue weighted by molar-refractivity contribution is 7.91. The topological polar surface area (TPSA) is 113 Å². The van der Waals surface area contributed by atoms with Gasteiger partial charge in [-0.3, -0.25) is 4.79 Å². The van der Waals surface area contributed by atoms with Gasteiger partial charge >= 0.3 is 5.97 Å². The molecule has 140 valence electrons. The van der Waals surface area contributed by atoms with E-state index < -0.39 is 34.0 Å². The van der Waals surface area contributed by atoms with Gasteiger partial charge in [-0.1, -0.05) is 0 Å². The van der Waals surface area contributed by atoms with Crippen LogP contribution in [0.5, 0.6) is 0 Å². The molecule has 1 aliphatic heterocycles. The van der Waals surface area contributed by atoms with Crippen molar-refractivity contribution >= 4 is 33.2 Å². The van der Waals surface area contributed by atoms with Crippen molar-refractivity contribution < 1.29 is 27.9 Å². The predicted molar refractivity (Wildman–Crippen MR) is 92.0 cm³/mol. The van der Waals surface area contributed by atoms with E-state index >= 15 is 0 Å². The van der Waals surface area contributed by atoms with Gasteiger partial charge in [-0.2, -0.15) is 4.31 Å². The Morgan fingerprint density at radius 1 is 1.48 bits per heavy atom. The Hall–Kier alpha value is -1.49. The minimum absolute atomic E-state index is 0.112. The number of carboxylic acid groups (broad SMARTS) is 1. The zero-order valence-corrected chi connectivity index (χ0v) is 15.7. The number of amides is 1. The van der Waals surface area contributed by atoms with E-state index in [1.165, 1.54) is 17.5 Å². The molecule has 1 saturated heterocycles. The predicted octanol–water partition coefficient (Wildman–Crippen LogP) is 0.816. The number of aliphatic carboxylic acids is 1. The molecule has 0 aromatic carbocycles. The van der Waals surface area contributed by atoms with Gasteiger partial charge in [-0.05, 0) is 31.9 Å². The fraction of sp³-hybridized carbons (Fsp3) is 0.600. The summed E-state index contributed by atoms with van der Waals surface area (Å²) in [5, 5.41) is 11.6. The molecule has 0 saturated carbocycles. The van der Waals surface area contributed by atoms with Crippen LogP contribution >= 0.6 is 11.3 Å². The van der Waals surface area contributed by atoms with E-state index in [-0.39, 0.29) is 23.8 Å². The van der Waals surface area contributed by atoms with Crippen LogP contribution in [0, 0.1) is 6.92 Å². The van der Waals surface area contributed by atoms with Crippen LogP contribution in [0.1, 0.15) is 24.1 Å². The molecule has 0 spiro atoms. The number of aryl methyl sites for hydroxylation is 1. The second-order valence-corrected chi connectivity index (χ2v) is 9.23. The molecule has 1 aromatic heterocycles. The van der Waals surface area contributed by atoms with E-state index in [2.05, 4.69) is 5.32 Å². The molecule has 2 unspecified atom stereocenters. The molecule has 2 rings (SSSR count). The average Bonchev–Trinajstić information content (AvgIpc) is 3.20. The van der Waals surface area contributed by atoms with Crippen LogP contribution in [-0.2, 0) is 24.3 Å². The van der Waals surface area contributed by atoms with Crippen molar-refractivity contribution in [2.75, 3.05) is 20.3 Å². The van der Waals surface area contributed by atoms with Crippen molar-refractivity contribution in [2.45, 2.75) is 42.5 Å². The first-order chi connectivity index (χ1) is 11.8. The number of ether oxygens (including phenoxy) is 1. The smallest absolute Gasteiger partial charge is 0.326 e. The summed E-state index contributed by atoms with van der Waals surface area (Å²) in [5.74, 6) is -1.76. The molecule has 2 N–H and O–H groups in total. The van der Waals surface area contributed by atoms with Gasteiger partial charge in [0.25, 0.3) is 10.0 Å². The molecule has 1 aromatic rings. The van der Waals surface area contributed by atoms with Crippen LogP contribution in [0.2, 0.25) is 0 Å². The number of hydrogen-bond acceptors (Lipinski definition) is 6. The molecule has 0 radical (unpaired) electrons. The first-order valence-corrected chi connectivity index (χ1v) is 10.1. The van der Waals surface area contributed by atoms with Crippen molar-refractivity contribution in [1.82, 2.24) is 9.62 Å². The lowest BCUT2D eigenvalue weighted by atomic mass is 10.1. The number of methoxy groups -OCH3 is 1. The Morgan fingerprint density at radius 3 is 2.76 bits per heavy atom. The number of nitrogens with one attached hydrogen (secondary N) is 1. The number of hydrogen-bond donors (Lipinski definition) is 2. The van der Waals surface area contributed by atoms with E-state index in [9.17, 15) is 23.1 Å². The van der Waals surface area contributed by atoms with Crippen LogP contribution < -0.4 is 5.32 Å². The quantitative estimate of drug-likeness (QED) is 0.679. The maximum atomic E-state index is 12.8. The summed E-state index contributed by atoms with van der Waals surface area (Å²) < 4.78 is 31.8. The highest BCUT2D eigenvalue weighted by Gasteiger charge is 2.40. The second-order valence-electron chi connectivity index (χ2n) is 5.82. The van der Waals surface area contributed by atoms with E-state index in [4.69, 9.17) is 4.74 Å². The van der Waals surface area contributed by atoms with Gasteiger partial charge in [0.15, 0.2) is 0 Å². The number of rotatable bonds is 8. The lowest BCUT2D eigenvalue weighted by Crippen LogP contribution is -2.51. The molecular formula is C15H22N2O6S2. The zero-order chi connectivity index (χ0) is 18.6. The van der Waals surface area contributed by atoms with E-state index in [1.807, 2.05) is 6.92 Å². The third-order valence-electron chi connectivity index (χ3n) is 4.01. The van der Waals surface area contributed by atoms with Crippen molar-refractivity contribution in [3.63, 3.8) is 0 Å². The Balaban J connectivity index is 2.14. The van der Waals surface area contributed by atoms with Crippen LogP contribution in [-0.4, -0.2) is 62.1 Å². The van der Waals surface area contributed by atoms with Crippen LogP contribution in [0.3, 0.4) is 0 Å². The van der Waals surface area contributed by atoms with Gasteiger partial charge in [0, 0.05) is 31.6 Å². The standard InChI is InChI=1S/C15H22N2O6S2/c1-10-5-6-13(24-10)25(21,22)17-8-3-4-12(17)14(18)16-11(15(19)20)7-9-23-2/h5-6,11-12H,3-4,7-9H2,1-2H3,(H,16,18)(H,19,20). The zero-order valence-electron chi connectivity index (χ0n) is 14.1. The average molecular weight is 390 g/mol. The monoisotopic (exact) mass is 390 g/mol. The molecule has 0 aliphatic carbocycles. The van der Waals surface area contributed by atoms with Gasteiger partial charge < -0.3 is 15.2 Å². The lowest BCUT2D eigenvalue weighted by Gasteiger charge is -2.24. The van der Waals surface area contributed by atoms with Crippen LogP contribution in [0.25, 0.3) is 0 Å². The van der Waals surface area contributed by atoms with Crippen LogP contribution in [0.15, 0.2) is 16.3 Å². The maximum absolute atomic E-state index is 12.8. The highest BCUT2D eigenvalue weighted by atomic mass is 32.2. The molecule has 1 amide bonds. The van der Waals surface area contributed by atoms with Gasteiger partial charge in [-0.25, -0.2) is 13.2 Å². The number of sulfonamides is 1. The van der Waals surface area contributed by atoms with Gasteiger partial charge in [-0.15, -0.1) is 11.3 Å². The minimum atomic E-state index is -3.77. The molecule has 1 aliphatic rings. The largest absolute Gasteiger partial charge is 0.480 e.